The van der Waals surface area contributed by atoms with E-state index < -0.39 is 5.82 Å². The van der Waals surface area contributed by atoms with E-state index in [-0.39, 0.29) is 17.6 Å². The maximum atomic E-state index is 14.0. The van der Waals surface area contributed by atoms with E-state index in [1.165, 1.54) is 17.1 Å². The fourth-order valence-electron chi connectivity index (χ4n) is 3.96. The third-order valence-corrected chi connectivity index (χ3v) is 5.55. The van der Waals surface area contributed by atoms with Gasteiger partial charge in [-0.2, -0.15) is 14.9 Å². The number of benzene rings is 2. The van der Waals surface area contributed by atoms with E-state index in [1.807, 2.05) is 30.3 Å². The summed E-state index contributed by atoms with van der Waals surface area (Å²) in [6.45, 7) is 1.23. The number of amides is 1. The zero-order valence-electron chi connectivity index (χ0n) is 17.3. The van der Waals surface area contributed by atoms with Crippen LogP contribution < -0.4 is 0 Å². The van der Waals surface area contributed by atoms with Gasteiger partial charge >= 0.3 is 0 Å². The van der Waals surface area contributed by atoms with Crippen molar-refractivity contribution >= 4 is 5.91 Å². The number of likely N-dealkylation sites (tertiary alicyclic amines) is 1. The Morgan fingerprint density at radius 1 is 1.12 bits per heavy atom. The van der Waals surface area contributed by atoms with E-state index >= 15 is 0 Å². The second-order valence-electron chi connectivity index (χ2n) is 7.81. The zero-order chi connectivity index (χ0) is 21.9. The average molecular weight is 432 g/mol. The molecule has 1 aliphatic rings. The van der Waals surface area contributed by atoms with Crippen LogP contribution in [0.2, 0.25) is 0 Å². The standard InChI is InChI=1S/C23H21FN6O2/c24-19-11-5-4-10-18(19)22-26-21(32-28-22)13-16-7-6-12-29(15-16)23(31)20-14-25-30(27-20)17-8-2-1-3-9-17/h1-5,8-11,14,16H,6-7,12-13,15H2/t16-/m0/s1. The van der Waals surface area contributed by atoms with Gasteiger partial charge in [0, 0.05) is 19.5 Å². The highest BCUT2D eigenvalue weighted by molar-refractivity contribution is 5.92. The summed E-state index contributed by atoms with van der Waals surface area (Å²) in [5.41, 5.74) is 1.42. The van der Waals surface area contributed by atoms with Gasteiger partial charge in [-0.1, -0.05) is 35.5 Å². The number of hydrogen-bond donors (Lipinski definition) is 0. The van der Waals surface area contributed by atoms with E-state index in [4.69, 9.17) is 4.52 Å². The first-order chi connectivity index (χ1) is 15.7. The molecule has 1 aliphatic heterocycles. The number of nitrogens with zero attached hydrogens (tertiary/aromatic N) is 6. The third kappa shape index (κ3) is 4.14. The van der Waals surface area contributed by atoms with E-state index in [0.29, 0.717) is 36.7 Å². The smallest absolute Gasteiger partial charge is 0.276 e. The Morgan fingerprint density at radius 3 is 2.78 bits per heavy atom. The zero-order valence-corrected chi connectivity index (χ0v) is 17.3. The molecule has 0 saturated carbocycles. The highest BCUT2D eigenvalue weighted by atomic mass is 19.1. The highest BCUT2D eigenvalue weighted by Crippen LogP contribution is 2.24. The van der Waals surface area contributed by atoms with E-state index in [1.54, 1.807) is 23.1 Å². The summed E-state index contributed by atoms with van der Waals surface area (Å²) in [6, 6.07) is 15.8. The summed E-state index contributed by atoms with van der Waals surface area (Å²) in [5, 5.41) is 12.5. The number of halogens is 1. The quantitative estimate of drug-likeness (QED) is 0.479. The molecule has 162 valence electrons. The number of hydrogen-bond acceptors (Lipinski definition) is 6. The van der Waals surface area contributed by atoms with Crippen molar-refractivity contribution in [2.45, 2.75) is 19.3 Å². The first-order valence-electron chi connectivity index (χ1n) is 10.5. The summed E-state index contributed by atoms with van der Waals surface area (Å²) < 4.78 is 19.3. The van der Waals surface area contributed by atoms with E-state index in [2.05, 4.69) is 20.3 Å². The van der Waals surface area contributed by atoms with Gasteiger partial charge in [-0.25, -0.2) is 4.39 Å². The Labute approximate surface area is 183 Å². The summed E-state index contributed by atoms with van der Waals surface area (Å²) in [6.07, 6.45) is 3.84. The molecule has 0 unspecified atom stereocenters. The van der Waals surface area contributed by atoms with Gasteiger partial charge in [-0.3, -0.25) is 4.79 Å². The molecule has 3 heterocycles. The maximum Gasteiger partial charge on any atom is 0.276 e. The van der Waals surface area contributed by atoms with Gasteiger partial charge in [-0.15, -0.1) is 5.10 Å². The lowest BCUT2D eigenvalue weighted by molar-refractivity contribution is 0.0661. The Hall–Kier alpha value is -3.88. The van der Waals surface area contributed by atoms with Crippen LogP contribution in [0.25, 0.3) is 17.1 Å². The molecular formula is C23H21FN6O2. The first kappa shape index (κ1) is 20.0. The molecule has 1 amide bonds. The topological polar surface area (TPSA) is 89.9 Å². The van der Waals surface area contributed by atoms with Crippen LogP contribution in [0.3, 0.4) is 0 Å². The maximum absolute atomic E-state index is 14.0. The van der Waals surface area contributed by atoms with Crippen LogP contribution in [0.4, 0.5) is 4.39 Å². The minimum Gasteiger partial charge on any atom is -0.339 e. The molecule has 5 rings (SSSR count). The molecule has 32 heavy (non-hydrogen) atoms. The minimum atomic E-state index is -0.391. The SMILES string of the molecule is O=C(c1cnn(-c2ccccc2)n1)N1CCC[C@@H](Cc2nc(-c3ccccc3F)no2)C1. The van der Waals surface area contributed by atoms with Crippen molar-refractivity contribution in [1.82, 2.24) is 30.0 Å². The molecule has 8 nitrogen and oxygen atoms in total. The summed E-state index contributed by atoms with van der Waals surface area (Å²) in [7, 11) is 0. The number of para-hydroxylation sites is 1. The molecule has 1 saturated heterocycles. The normalized spacial score (nSPS) is 16.3. The molecule has 0 radical (unpaired) electrons. The van der Waals surface area contributed by atoms with Crippen molar-refractivity contribution in [3.8, 4) is 17.1 Å². The third-order valence-electron chi connectivity index (χ3n) is 5.55. The number of aromatic nitrogens is 5. The van der Waals surface area contributed by atoms with Crippen LogP contribution in [-0.4, -0.2) is 49.0 Å². The molecule has 0 bridgehead atoms. The molecule has 0 N–H and O–H groups in total. The first-order valence-corrected chi connectivity index (χ1v) is 10.5. The fourth-order valence-corrected chi connectivity index (χ4v) is 3.96. The molecule has 4 aromatic rings. The van der Waals surface area contributed by atoms with Gasteiger partial charge in [0.15, 0.2) is 5.69 Å². The molecule has 2 aromatic carbocycles. The number of carbonyl (C=O) groups excluding carboxylic acids is 1. The Kier molecular flexibility index (Phi) is 5.45. The van der Waals surface area contributed by atoms with Crippen molar-refractivity contribution in [2.75, 3.05) is 13.1 Å². The molecule has 9 heteroatoms. The largest absolute Gasteiger partial charge is 0.339 e. The van der Waals surface area contributed by atoms with Crippen molar-refractivity contribution in [1.29, 1.82) is 0 Å². The molecule has 1 atom stereocenters. The predicted molar refractivity (Wildman–Crippen MR) is 113 cm³/mol. The molecule has 1 fully saturated rings. The van der Waals surface area contributed by atoms with Crippen LogP contribution in [0.5, 0.6) is 0 Å². The lowest BCUT2D eigenvalue weighted by Gasteiger charge is -2.31. The van der Waals surface area contributed by atoms with Gasteiger partial charge < -0.3 is 9.42 Å². The van der Waals surface area contributed by atoms with Crippen molar-refractivity contribution in [3.05, 3.63) is 78.2 Å². The Bertz CT molecular complexity index is 1220. The Balaban J connectivity index is 1.25. The second kappa shape index (κ2) is 8.70. The van der Waals surface area contributed by atoms with Gasteiger partial charge in [0.1, 0.15) is 5.82 Å². The highest BCUT2D eigenvalue weighted by Gasteiger charge is 2.28. The molecule has 2 aromatic heterocycles. The van der Waals surface area contributed by atoms with Crippen LogP contribution in [0.1, 0.15) is 29.2 Å². The summed E-state index contributed by atoms with van der Waals surface area (Å²) in [4.78, 5) is 20.6. The van der Waals surface area contributed by atoms with Gasteiger partial charge in [0.2, 0.25) is 11.7 Å². The lowest BCUT2D eigenvalue weighted by atomic mass is 9.94. The second-order valence-corrected chi connectivity index (χ2v) is 7.81. The molecule has 0 aliphatic carbocycles. The number of carbonyl (C=O) groups is 1. The fraction of sp³-hybridized carbons (Fsp3) is 0.261. The summed E-state index contributed by atoms with van der Waals surface area (Å²) >= 11 is 0. The monoisotopic (exact) mass is 432 g/mol. The minimum absolute atomic E-state index is 0.144. The number of piperidine rings is 1. The molecule has 0 spiro atoms. The lowest BCUT2D eigenvalue weighted by Crippen LogP contribution is -2.40. The van der Waals surface area contributed by atoms with Crippen LogP contribution in [0, 0.1) is 11.7 Å². The molecular weight excluding hydrogens is 411 g/mol. The van der Waals surface area contributed by atoms with Crippen molar-refractivity contribution in [3.63, 3.8) is 0 Å². The summed E-state index contributed by atoms with van der Waals surface area (Å²) in [5.74, 6) is 0.315. The van der Waals surface area contributed by atoms with Gasteiger partial charge in [0.05, 0.1) is 17.4 Å². The van der Waals surface area contributed by atoms with Gasteiger partial charge in [-0.05, 0) is 43.0 Å². The van der Waals surface area contributed by atoms with Gasteiger partial charge in [0.25, 0.3) is 5.91 Å². The van der Waals surface area contributed by atoms with Crippen molar-refractivity contribution < 1.29 is 13.7 Å². The predicted octanol–water partition coefficient (Wildman–Crippen LogP) is 3.55. The van der Waals surface area contributed by atoms with E-state index in [9.17, 15) is 9.18 Å². The van der Waals surface area contributed by atoms with Crippen LogP contribution in [0.15, 0.2) is 65.3 Å². The van der Waals surface area contributed by atoms with E-state index in [0.717, 1.165) is 18.5 Å². The van der Waals surface area contributed by atoms with Crippen molar-refractivity contribution in [2.24, 2.45) is 5.92 Å². The number of rotatable bonds is 5. The Morgan fingerprint density at radius 2 is 1.94 bits per heavy atom. The van der Waals surface area contributed by atoms with Crippen LogP contribution in [-0.2, 0) is 6.42 Å². The van der Waals surface area contributed by atoms with Crippen LogP contribution >= 0.6 is 0 Å². The average Bonchev–Trinajstić information content (AvgIpc) is 3.50.